The molecule has 2 aliphatic rings. The van der Waals surface area contributed by atoms with Gasteiger partial charge >= 0.3 is 0 Å². The fourth-order valence-electron chi connectivity index (χ4n) is 6.51. The van der Waals surface area contributed by atoms with Gasteiger partial charge in [-0.25, -0.2) is 4.98 Å². The van der Waals surface area contributed by atoms with E-state index in [-0.39, 0.29) is 5.70 Å². The second-order valence-electron chi connectivity index (χ2n) is 11.7. The van der Waals surface area contributed by atoms with Gasteiger partial charge in [0.05, 0.1) is 42.6 Å². The molecule has 5 aromatic rings. The SMILES string of the molecule is C=C(NS(=O)[O-])c1cc(-c2cc3c(cn2)cc(-c2c(Cl)c(OC)cc(OC)c2Cl)c2nccn23)c(OC)cc1N1CCN(C2CC2)CC1. The number of imidazole rings is 1. The molecule has 0 amide bonds. The molecule has 1 atom stereocenters. The number of aromatic nitrogens is 3. The first-order chi connectivity index (χ1) is 23.2. The van der Waals surface area contributed by atoms with Gasteiger partial charge in [-0.05, 0) is 31.0 Å². The number of rotatable bonds is 10. The zero-order chi connectivity index (χ0) is 33.7. The molecule has 1 saturated carbocycles. The molecule has 0 spiro atoms. The standard InChI is InChI=1S/C34H34Cl2N6O5S/c1-19(39-48(43)44)22-14-23(28(45-2)16-27(22)41-11-9-40(10-12-41)21-5-6-21)25-15-26-20(18-38-25)13-24(34-37-7-8-42(26)34)31-32(35)29(46-3)17-30(47-4)33(31)36/h7-8,13-18,21,39H,1,5-6,9-12H2,2-4H3,(H,43,44)/p-1. The molecule has 3 aromatic heterocycles. The molecule has 48 heavy (non-hydrogen) atoms. The number of nitrogens with zero attached hydrogens (tertiary/aromatic N) is 5. The van der Waals surface area contributed by atoms with E-state index in [1.807, 2.05) is 34.9 Å². The summed E-state index contributed by atoms with van der Waals surface area (Å²) < 4.78 is 44.7. The zero-order valence-corrected chi connectivity index (χ0v) is 28.9. The molecule has 1 N–H and O–H groups in total. The van der Waals surface area contributed by atoms with Gasteiger partial charge in [-0.15, -0.1) is 0 Å². The fraction of sp³-hybridized carbons (Fsp3) is 0.294. The minimum absolute atomic E-state index is 0.261. The predicted molar refractivity (Wildman–Crippen MR) is 189 cm³/mol. The van der Waals surface area contributed by atoms with Gasteiger partial charge in [0.2, 0.25) is 0 Å². The quantitative estimate of drug-likeness (QED) is 0.170. The smallest absolute Gasteiger partial charge is 0.145 e. The predicted octanol–water partition coefficient (Wildman–Crippen LogP) is 6.19. The molecule has 1 saturated heterocycles. The van der Waals surface area contributed by atoms with Gasteiger partial charge in [-0.1, -0.05) is 29.8 Å². The number of piperazine rings is 1. The van der Waals surface area contributed by atoms with E-state index in [2.05, 4.69) is 26.1 Å². The Hall–Kier alpha value is -4.07. The second-order valence-corrected chi connectivity index (χ2v) is 13.2. The Morgan fingerprint density at radius 3 is 2.25 bits per heavy atom. The highest BCUT2D eigenvalue weighted by molar-refractivity contribution is 7.77. The average Bonchev–Trinajstić information content (AvgIpc) is 3.82. The third-order valence-electron chi connectivity index (χ3n) is 9.04. The first-order valence-electron chi connectivity index (χ1n) is 15.3. The summed E-state index contributed by atoms with van der Waals surface area (Å²) >= 11 is 11.1. The van der Waals surface area contributed by atoms with Gasteiger partial charge in [0, 0.05) is 113 Å². The number of benzene rings is 2. The normalized spacial score (nSPS) is 15.9. The number of nitrogens with one attached hydrogen (secondary N) is 1. The van der Waals surface area contributed by atoms with Crippen molar-refractivity contribution in [2.75, 3.05) is 52.4 Å². The van der Waals surface area contributed by atoms with E-state index >= 15 is 0 Å². The van der Waals surface area contributed by atoms with Crippen LogP contribution >= 0.6 is 23.2 Å². The van der Waals surface area contributed by atoms with Crippen molar-refractivity contribution in [2.45, 2.75) is 18.9 Å². The summed E-state index contributed by atoms with van der Waals surface area (Å²) in [5.41, 5.74) is 5.68. The maximum absolute atomic E-state index is 11.7. The molecular weight excluding hydrogens is 675 g/mol. The monoisotopic (exact) mass is 707 g/mol. The summed E-state index contributed by atoms with van der Waals surface area (Å²) in [5.74, 6) is 1.43. The van der Waals surface area contributed by atoms with E-state index in [0.29, 0.717) is 66.9 Å². The summed E-state index contributed by atoms with van der Waals surface area (Å²) in [5, 5.41) is 1.46. The highest BCUT2D eigenvalue weighted by Crippen LogP contribution is 2.48. The fourth-order valence-corrected chi connectivity index (χ4v) is 7.53. The van der Waals surface area contributed by atoms with Crippen molar-refractivity contribution in [3.8, 4) is 39.6 Å². The van der Waals surface area contributed by atoms with Crippen molar-refractivity contribution in [1.29, 1.82) is 0 Å². The van der Waals surface area contributed by atoms with Gasteiger partial charge in [-0.3, -0.25) is 18.5 Å². The van der Waals surface area contributed by atoms with Crippen LogP contribution in [0.15, 0.2) is 55.5 Å². The van der Waals surface area contributed by atoms with Gasteiger partial charge in [-0.2, -0.15) is 0 Å². The van der Waals surface area contributed by atoms with Crippen molar-refractivity contribution in [2.24, 2.45) is 0 Å². The summed E-state index contributed by atoms with van der Waals surface area (Å²) in [6, 6.07) is 10.0. The van der Waals surface area contributed by atoms with Crippen molar-refractivity contribution in [3.63, 3.8) is 0 Å². The van der Waals surface area contributed by atoms with Crippen LogP contribution in [-0.4, -0.2) is 81.6 Å². The maximum atomic E-state index is 11.7. The van der Waals surface area contributed by atoms with Gasteiger partial charge in [0.1, 0.15) is 22.9 Å². The van der Waals surface area contributed by atoms with E-state index in [9.17, 15) is 8.76 Å². The Labute approximate surface area is 290 Å². The second kappa shape index (κ2) is 13.1. The molecular formula is C34H33Cl2N6O5S-. The molecule has 4 heterocycles. The van der Waals surface area contributed by atoms with Crippen LogP contribution in [0.5, 0.6) is 17.2 Å². The minimum atomic E-state index is -2.55. The number of ether oxygens (including phenoxy) is 3. The first kappa shape index (κ1) is 32.5. The summed E-state index contributed by atoms with van der Waals surface area (Å²) in [4.78, 5) is 14.3. The van der Waals surface area contributed by atoms with Gasteiger partial charge < -0.3 is 28.4 Å². The van der Waals surface area contributed by atoms with Crippen LogP contribution in [0.1, 0.15) is 18.4 Å². The lowest BCUT2D eigenvalue weighted by Gasteiger charge is -2.37. The number of methoxy groups -OCH3 is 3. The van der Waals surface area contributed by atoms with Crippen LogP contribution in [0.2, 0.25) is 10.0 Å². The minimum Gasteiger partial charge on any atom is -0.755 e. The lowest BCUT2D eigenvalue weighted by molar-refractivity contribution is 0.248. The molecule has 2 aromatic carbocycles. The zero-order valence-electron chi connectivity index (χ0n) is 26.6. The van der Waals surface area contributed by atoms with Crippen molar-refractivity contribution < 1.29 is 23.0 Å². The summed E-state index contributed by atoms with van der Waals surface area (Å²) in [6.45, 7) is 7.57. The molecule has 1 aliphatic heterocycles. The number of pyridine rings is 2. The first-order valence-corrected chi connectivity index (χ1v) is 17.2. The number of fused-ring (bicyclic) bond motifs is 3. The van der Waals surface area contributed by atoms with Crippen LogP contribution in [0.4, 0.5) is 5.69 Å². The van der Waals surface area contributed by atoms with Crippen molar-refractivity contribution in [1.82, 2.24) is 24.0 Å². The molecule has 14 heteroatoms. The Morgan fingerprint density at radius 2 is 1.62 bits per heavy atom. The lowest BCUT2D eigenvalue weighted by atomic mass is 10.00. The Bertz CT molecular complexity index is 2070. The number of halogens is 2. The lowest BCUT2D eigenvalue weighted by Crippen LogP contribution is -2.47. The maximum Gasteiger partial charge on any atom is 0.145 e. The Balaban J connectivity index is 1.36. The molecule has 0 radical (unpaired) electrons. The van der Waals surface area contributed by atoms with E-state index in [1.165, 1.54) is 27.1 Å². The molecule has 250 valence electrons. The van der Waals surface area contributed by atoms with Crippen LogP contribution in [0, 0.1) is 0 Å². The summed E-state index contributed by atoms with van der Waals surface area (Å²) in [6.07, 6.45) is 7.83. The van der Waals surface area contributed by atoms with E-state index in [4.69, 9.17) is 42.4 Å². The van der Waals surface area contributed by atoms with Crippen molar-refractivity contribution in [3.05, 3.63) is 71.1 Å². The molecule has 2 fully saturated rings. The molecule has 1 aliphatic carbocycles. The Kier molecular flexibility index (Phi) is 8.86. The topological polar surface area (TPSA) is 117 Å². The van der Waals surface area contributed by atoms with Gasteiger partial charge in [0.25, 0.3) is 0 Å². The Morgan fingerprint density at radius 1 is 0.938 bits per heavy atom. The number of hydrogen-bond donors (Lipinski definition) is 1. The van der Waals surface area contributed by atoms with Crippen LogP contribution < -0.4 is 23.8 Å². The molecule has 0 bridgehead atoms. The number of anilines is 1. The summed E-state index contributed by atoms with van der Waals surface area (Å²) in [7, 11) is 4.68. The van der Waals surface area contributed by atoms with Crippen LogP contribution in [0.25, 0.3) is 44.6 Å². The third kappa shape index (κ3) is 5.81. The average molecular weight is 709 g/mol. The van der Waals surface area contributed by atoms with Crippen LogP contribution in [-0.2, 0) is 11.3 Å². The van der Waals surface area contributed by atoms with E-state index in [0.717, 1.165) is 42.8 Å². The van der Waals surface area contributed by atoms with E-state index in [1.54, 1.807) is 25.6 Å². The highest BCUT2D eigenvalue weighted by atomic mass is 35.5. The highest BCUT2D eigenvalue weighted by Gasteiger charge is 2.32. The van der Waals surface area contributed by atoms with E-state index < -0.39 is 11.3 Å². The van der Waals surface area contributed by atoms with Gasteiger partial charge in [0.15, 0.2) is 0 Å². The van der Waals surface area contributed by atoms with Crippen molar-refractivity contribution >= 4 is 62.4 Å². The van der Waals surface area contributed by atoms with Crippen LogP contribution in [0.3, 0.4) is 0 Å². The third-order valence-corrected chi connectivity index (χ3v) is 10.2. The largest absolute Gasteiger partial charge is 0.755 e. The number of hydrogen-bond acceptors (Lipinski definition) is 9. The molecule has 11 nitrogen and oxygen atoms in total. The molecule has 1 unspecified atom stereocenters. The molecule has 7 rings (SSSR count).